The predicted molar refractivity (Wildman–Crippen MR) is 79.3 cm³/mol. The Labute approximate surface area is 117 Å². The Morgan fingerprint density at radius 2 is 2.11 bits per heavy atom. The monoisotopic (exact) mass is 280 g/mol. The smallest absolute Gasteiger partial charge is 0.157 e. The number of rotatable bonds is 2. The van der Waals surface area contributed by atoms with Gasteiger partial charge in [-0.25, -0.2) is 0 Å². The normalized spacial score (nSPS) is 29.1. The van der Waals surface area contributed by atoms with Crippen molar-refractivity contribution >= 4 is 28.5 Å². The van der Waals surface area contributed by atoms with Crippen molar-refractivity contribution in [3.8, 4) is 0 Å². The van der Waals surface area contributed by atoms with Crippen LogP contribution in [0.3, 0.4) is 0 Å². The molecular formula is C14H17ClN2S. The number of halogens is 1. The summed E-state index contributed by atoms with van der Waals surface area (Å²) in [5, 5.41) is 5.49. The molecule has 1 aromatic carbocycles. The third kappa shape index (κ3) is 2.83. The summed E-state index contributed by atoms with van der Waals surface area (Å²) >= 11 is 7.74. The van der Waals surface area contributed by atoms with Gasteiger partial charge in [0.1, 0.15) is 0 Å². The molecule has 2 unspecified atom stereocenters. The molecule has 0 radical (unpaired) electrons. The van der Waals surface area contributed by atoms with Crippen molar-refractivity contribution in [3.05, 3.63) is 34.9 Å². The van der Waals surface area contributed by atoms with Crippen LogP contribution in [0.15, 0.2) is 29.3 Å². The van der Waals surface area contributed by atoms with E-state index >= 15 is 0 Å². The summed E-state index contributed by atoms with van der Waals surface area (Å²) in [7, 11) is 0. The van der Waals surface area contributed by atoms with Crippen LogP contribution in [0, 0.1) is 5.92 Å². The van der Waals surface area contributed by atoms with Crippen LogP contribution in [-0.4, -0.2) is 17.0 Å². The van der Waals surface area contributed by atoms with E-state index in [2.05, 4.69) is 10.3 Å². The second kappa shape index (κ2) is 5.54. The molecule has 1 aliphatic heterocycles. The standard InChI is InChI=1S/C14H17ClN2S/c15-12-6-4-10(5-7-12)8-16-14-17-13-3-1-2-11(13)9-18-14/h4-7,11,13H,1-3,8-9H2,(H,16,17). The van der Waals surface area contributed by atoms with Gasteiger partial charge in [0.25, 0.3) is 0 Å². The summed E-state index contributed by atoms with van der Waals surface area (Å²) in [5.74, 6) is 2.10. The molecule has 4 heteroatoms. The molecule has 1 saturated carbocycles. The SMILES string of the molecule is Clc1ccc(CN=C2NC3CCCC3CS2)cc1. The van der Waals surface area contributed by atoms with E-state index in [1.54, 1.807) is 0 Å². The molecule has 2 aliphatic rings. The molecule has 1 heterocycles. The van der Waals surface area contributed by atoms with Gasteiger partial charge < -0.3 is 5.32 Å². The van der Waals surface area contributed by atoms with E-state index < -0.39 is 0 Å². The van der Waals surface area contributed by atoms with Gasteiger partial charge in [-0.15, -0.1) is 0 Å². The predicted octanol–water partition coefficient (Wildman–Crippen LogP) is 3.70. The Bertz CT molecular complexity index is 444. The van der Waals surface area contributed by atoms with E-state index in [9.17, 15) is 0 Å². The average Bonchev–Trinajstić information content (AvgIpc) is 2.85. The van der Waals surface area contributed by atoms with Gasteiger partial charge in [0, 0.05) is 16.8 Å². The van der Waals surface area contributed by atoms with Crippen molar-refractivity contribution in [2.45, 2.75) is 31.8 Å². The Morgan fingerprint density at radius 1 is 1.28 bits per heavy atom. The third-order valence-corrected chi connectivity index (χ3v) is 5.09. The number of hydrogen-bond donors (Lipinski definition) is 1. The minimum atomic E-state index is 0.676. The van der Waals surface area contributed by atoms with Gasteiger partial charge in [-0.2, -0.15) is 0 Å². The maximum atomic E-state index is 5.87. The van der Waals surface area contributed by atoms with Crippen molar-refractivity contribution < 1.29 is 0 Å². The minimum Gasteiger partial charge on any atom is -0.362 e. The molecule has 0 amide bonds. The first-order valence-corrected chi connectivity index (χ1v) is 7.86. The van der Waals surface area contributed by atoms with E-state index in [0.29, 0.717) is 6.04 Å². The van der Waals surface area contributed by atoms with Gasteiger partial charge in [0.05, 0.1) is 6.54 Å². The van der Waals surface area contributed by atoms with Crippen molar-refractivity contribution in [2.75, 3.05) is 5.75 Å². The molecular weight excluding hydrogens is 264 g/mol. The van der Waals surface area contributed by atoms with E-state index in [0.717, 1.165) is 22.7 Å². The number of thioether (sulfide) groups is 1. The fraction of sp³-hybridized carbons (Fsp3) is 0.500. The maximum absolute atomic E-state index is 5.87. The highest BCUT2D eigenvalue weighted by Gasteiger charge is 2.31. The highest BCUT2D eigenvalue weighted by molar-refractivity contribution is 8.13. The third-order valence-electron chi connectivity index (χ3n) is 3.72. The maximum Gasteiger partial charge on any atom is 0.157 e. The van der Waals surface area contributed by atoms with Crippen molar-refractivity contribution in [2.24, 2.45) is 10.9 Å². The molecule has 0 spiro atoms. The highest BCUT2D eigenvalue weighted by Crippen LogP contribution is 2.32. The summed E-state index contributed by atoms with van der Waals surface area (Å²) in [6.07, 6.45) is 4.06. The first-order chi connectivity index (χ1) is 8.81. The molecule has 2 fully saturated rings. The van der Waals surface area contributed by atoms with E-state index in [4.69, 9.17) is 11.6 Å². The first-order valence-electron chi connectivity index (χ1n) is 6.49. The Hall–Kier alpha value is -0.670. The number of benzene rings is 1. The Kier molecular flexibility index (Phi) is 3.80. The highest BCUT2D eigenvalue weighted by atomic mass is 35.5. The summed E-state index contributed by atoms with van der Waals surface area (Å²) in [6, 6.07) is 8.60. The average molecular weight is 281 g/mol. The van der Waals surface area contributed by atoms with Crippen molar-refractivity contribution in [1.82, 2.24) is 5.32 Å². The van der Waals surface area contributed by atoms with E-state index in [-0.39, 0.29) is 0 Å². The second-order valence-corrected chi connectivity index (χ2v) is 6.45. The van der Waals surface area contributed by atoms with E-state index in [1.807, 2.05) is 36.0 Å². The molecule has 1 saturated heterocycles. The number of hydrogen-bond acceptors (Lipinski definition) is 2. The molecule has 1 N–H and O–H groups in total. The van der Waals surface area contributed by atoms with Crippen LogP contribution in [-0.2, 0) is 6.54 Å². The van der Waals surface area contributed by atoms with Crippen LogP contribution in [0.4, 0.5) is 0 Å². The van der Waals surface area contributed by atoms with Crippen LogP contribution in [0.5, 0.6) is 0 Å². The van der Waals surface area contributed by atoms with Crippen LogP contribution >= 0.6 is 23.4 Å². The van der Waals surface area contributed by atoms with Crippen molar-refractivity contribution in [3.63, 3.8) is 0 Å². The lowest BCUT2D eigenvalue weighted by atomic mass is 10.1. The summed E-state index contributed by atoms with van der Waals surface area (Å²) in [6.45, 7) is 0.740. The number of nitrogens with one attached hydrogen (secondary N) is 1. The number of amidine groups is 1. The lowest BCUT2D eigenvalue weighted by Crippen LogP contribution is -2.41. The van der Waals surface area contributed by atoms with Crippen LogP contribution in [0.25, 0.3) is 0 Å². The molecule has 1 aromatic rings. The largest absolute Gasteiger partial charge is 0.362 e. The molecule has 3 rings (SSSR count). The quantitative estimate of drug-likeness (QED) is 0.893. The van der Waals surface area contributed by atoms with Crippen LogP contribution < -0.4 is 5.32 Å². The lowest BCUT2D eigenvalue weighted by molar-refractivity contribution is 0.489. The van der Waals surface area contributed by atoms with Crippen LogP contribution in [0.1, 0.15) is 24.8 Å². The van der Waals surface area contributed by atoms with Crippen LogP contribution in [0.2, 0.25) is 5.02 Å². The molecule has 18 heavy (non-hydrogen) atoms. The first kappa shape index (κ1) is 12.4. The van der Waals surface area contributed by atoms with E-state index in [1.165, 1.54) is 30.6 Å². The topological polar surface area (TPSA) is 24.4 Å². The number of fused-ring (bicyclic) bond motifs is 1. The Morgan fingerprint density at radius 3 is 2.94 bits per heavy atom. The molecule has 0 bridgehead atoms. The van der Waals surface area contributed by atoms with Gasteiger partial charge in [-0.05, 0) is 36.5 Å². The fourth-order valence-electron chi connectivity index (χ4n) is 2.66. The molecule has 96 valence electrons. The summed E-state index contributed by atoms with van der Waals surface area (Å²) < 4.78 is 0. The summed E-state index contributed by atoms with van der Waals surface area (Å²) in [5.41, 5.74) is 1.21. The fourth-order valence-corrected chi connectivity index (χ4v) is 3.94. The van der Waals surface area contributed by atoms with Crippen molar-refractivity contribution in [1.29, 1.82) is 0 Å². The molecule has 2 atom stereocenters. The zero-order chi connectivity index (χ0) is 12.4. The minimum absolute atomic E-state index is 0.676. The second-order valence-electron chi connectivity index (χ2n) is 5.00. The lowest BCUT2D eigenvalue weighted by Gasteiger charge is -2.28. The van der Waals surface area contributed by atoms with Gasteiger partial charge in [-0.3, -0.25) is 4.99 Å². The number of aliphatic imine (C=N–C) groups is 1. The van der Waals surface area contributed by atoms with Gasteiger partial charge >= 0.3 is 0 Å². The Balaban J connectivity index is 1.61. The van der Waals surface area contributed by atoms with Gasteiger partial charge in [-0.1, -0.05) is 41.9 Å². The number of nitrogens with zero attached hydrogens (tertiary/aromatic N) is 1. The molecule has 2 nitrogen and oxygen atoms in total. The van der Waals surface area contributed by atoms with Gasteiger partial charge in [0.2, 0.25) is 0 Å². The van der Waals surface area contributed by atoms with Gasteiger partial charge in [0.15, 0.2) is 5.17 Å². The summed E-state index contributed by atoms with van der Waals surface area (Å²) in [4.78, 5) is 4.67. The zero-order valence-electron chi connectivity index (χ0n) is 10.2. The molecule has 0 aromatic heterocycles. The molecule has 1 aliphatic carbocycles. The zero-order valence-corrected chi connectivity index (χ0v) is 11.8.